The van der Waals surface area contributed by atoms with Crippen molar-refractivity contribution in [2.45, 2.75) is 44.5 Å². The van der Waals surface area contributed by atoms with Crippen LogP contribution in [0.1, 0.15) is 52.9 Å². The highest BCUT2D eigenvalue weighted by atomic mass is 35.5. The number of methoxy groups -OCH3 is 1. The first-order valence-electron chi connectivity index (χ1n) is 10.7. The Labute approximate surface area is 198 Å². The van der Waals surface area contributed by atoms with Gasteiger partial charge in [0.1, 0.15) is 23.9 Å². The third kappa shape index (κ3) is 5.67. The van der Waals surface area contributed by atoms with Crippen molar-refractivity contribution in [2.75, 3.05) is 13.7 Å². The molecule has 11 heteroatoms. The second kappa shape index (κ2) is 10.0. The van der Waals surface area contributed by atoms with E-state index in [4.69, 9.17) is 25.5 Å². The summed E-state index contributed by atoms with van der Waals surface area (Å²) >= 11 is 5.97. The molecule has 1 aromatic carbocycles. The first-order chi connectivity index (χ1) is 16.3. The van der Waals surface area contributed by atoms with Crippen LogP contribution in [-0.4, -0.2) is 29.3 Å². The van der Waals surface area contributed by atoms with E-state index in [1.54, 1.807) is 37.4 Å². The maximum atomic E-state index is 13.2. The lowest BCUT2D eigenvalue weighted by Crippen LogP contribution is -2.25. The molecule has 1 fully saturated rings. The Morgan fingerprint density at radius 1 is 1.26 bits per heavy atom. The van der Waals surface area contributed by atoms with Crippen molar-refractivity contribution in [3.8, 4) is 11.5 Å². The van der Waals surface area contributed by atoms with Gasteiger partial charge in [0.25, 0.3) is 5.91 Å². The second-order valence-corrected chi connectivity index (χ2v) is 8.26. The van der Waals surface area contributed by atoms with E-state index in [1.807, 2.05) is 0 Å². The van der Waals surface area contributed by atoms with Gasteiger partial charge in [-0.05, 0) is 43.5 Å². The molecule has 182 valence electrons. The second-order valence-electron chi connectivity index (χ2n) is 7.89. The number of carbonyl (C=O) groups excluding carboxylic acids is 1. The summed E-state index contributed by atoms with van der Waals surface area (Å²) in [5, 5.41) is 6.06. The summed E-state index contributed by atoms with van der Waals surface area (Å²) in [5.41, 5.74) is -0.633. The van der Waals surface area contributed by atoms with Gasteiger partial charge in [0.2, 0.25) is 0 Å². The molecule has 1 aliphatic carbocycles. The van der Waals surface area contributed by atoms with Crippen molar-refractivity contribution in [3.63, 3.8) is 0 Å². The fourth-order valence-corrected chi connectivity index (χ4v) is 3.89. The lowest BCUT2D eigenvalue weighted by atomic mass is 10.2. The molecule has 2 aromatic heterocycles. The lowest BCUT2D eigenvalue weighted by molar-refractivity contribution is -0.141. The number of nitrogens with zero attached hydrogens (tertiary/aromatic N) is 2. The monoisotopic (exact) mass is 497 g/mol. The van der Waals surface area contributed by atoms with Crippen LogP contribution in [0.2, 0.25) is 5.02 Å². The number of nitrogens with one attached hydrogen (secondary N) is 1. The molecule has 2 heterocycles. The third-order valence-corrected chi connectivity index (χ3v) is 5.68. The molecule has 1 N–H and O–H groups in total. The molecule has 0 unspecified atom stereocenters. The van der Waals surface area contributed by atoms with Gasteiger partial charge in [0, 0.05) is 25.1 Å². The van der Waals surface area contributed by atoms with Crippen molar-refractivity contribution >= 4 is 17.5 Å². The van der Waals surface area contributed by atoms with Gasteiger partial charge in [-0.1, -0.05) is 17.7 Å². The number of rotatable bonds is 10. The highest BCUT2D eigenvalue weighted by Gasteiger charge is 2.41. The minimum absolute atomic E-state index is 0.00595. The largest absolute Gasteiger partial charge is 0.497 e. The van der Waals surface area contributed by atoms with Gasteiger partial charge in [-0.25, -0.2) is 0 Å². The molecular weight excluding hydrogens is 475 g/mol. The van der Waals surface area contributed by atoms with Crippen LogP contribution in [0.5, 0.6) is 11.5 Å². The molecule has 4 rings (SSSR count). The predicted molar refractivity (Wildman–Crippen MR) is 117 cm³/mol. The van der Waals surface area contributed by atoms with Crippen molar-refractivity contribution in [1.29, 1.82) is 0 Å². The molecule has 0 bridgehead atoms. The van der Waals surface area contributed by atoms with E-state index in [0.717, 1.165) is 12.8 Å². The number of amides is 1. The maximum Gasteiger partial charge on any atom is 0.436 e. The van der Waals surface area contributed by atoms with Gasteiger partial charge in [-0.3, -0.25) is 9.48 Å². The Kier molecular flexibility index (Phi) is 7.06. The summed E-state index contributed by atoms with van der Waals surface area (Å²) in [6.45, 7) is 0.573. The fourth-order valence-electron chi connectivity index (χ4n) is 3.49. The summed E-state index contributed by atoms with van der Waals surface area (Å²) < 4.78 is 57.1. The van der Waals surface area contributed by atoms with Crippen LogP contribution in [0.25, 0.3) is 0 Å². The Morgan fingerprint density at radius 3 is 2.74 bits per heavy atom. The van der Waals surface area contributed by atoms with Gasteiger partial charge in [-0.2, -0.15) is 18.3 Å². The molecule has 7 nitrogen and oxygen atoms in total. The fraction of sp³-hybridized carbons (Fsp3) is 0.391. The Balaban J connectivity index is 1.27. The standard InChI is InChI=1S/C23H23ClF3N3O4/c1-32-15-4-2-5-16(12-15)33-13-17-8-9-18(34-17)22(31)28-10-3-11-30-20(14-6-7-14)19(24)21(29-30)23(25,26)27/h2,4-5,8-9,12,14H,3,6-7,10-11,13H2,1H3,(H,28,31). The zero-order valence-electron chi connectivity index (χ0n) is 18.3. The molecule has 3 aromatic rings. The van der Waals surface area contributed by atoms with Crippen LogP contribution in [0.15, 0.2) is 40.8 Å². The maximum absolute atomic E-state index is 13.2. The number of halogens is 4. The van der Waals surface area contributed by atoms with Gasteiger partial charge in [0.05, 0.1) is 17.8 Å². The number of benzene rings is 1. The zero-order chi connectivity index (χ0) is 24.3. The first kappa shape index (κ1) is 24.0. The predicted octanol–water partition coefficient (Wildman–Crippen LogP) is 5.43. The van der Waals surface area contributed by atoms with Crippen LogP contribution in [0.4, 0.5) is 13.2 Å². The number of ether oxygens (including phenoxy) is 2. The molecule has 0 atom stereocenters. The number of aryl methyl sites for hydroxylation is 1. The van der Waals surface area contributed by atoms with Gasteiger partial charge in [-0.15, -0.1) is 0 Å². The number of carbonyl (C=O) groups is 1. The highest BCUT2D eigenvalue weighted by molar-refractivity contribution is 6.32. The molecule has 1 saturated carbocycles. The Hall–Kier alpha value is -3.14. The summed E-state index contributed by atoms with van der Waals surface area (Å²) in [4.78, 5) is 12.3. The number of alkyl halides is 3. The lowest BCUT2D eigenvalue weighted by Gasteiger charge is -2.08. The Bertz CT molecular complexity index is 1150. The topological polar surface area (TPSA) is 78.5 Å². The van der Waals surface area contributed by atoms with Crippen molar-refractivity contribution in [1.82, 2.24) is 15.1 Å². The van der Waals surface area contributed by atoms with Crippen LogP contribution < -0.4 is 14.8 Å². The van der Waals surface area contributed by atoms with Crippen molar-refractivity contribution < 1.29 is 31.9 Å². The molecular formula is C23H23ClF3N3O4. The average Bonchev–Trinajstić information content (AvgIpc) is 3.41. The summed E-state index contributed by atoms with van der Waals surface area (Å²) in [6.07, 6.45) is -2.63. The molecule has 1 aliphatic rings. The smallest absolute Gasteiger partial charge is 0.436 e. The third-order valence-electron chi connectivity index (χ3n) is 5.30. The minimum Gasteiger partial charge on any atom is -0.497 e. The van der Waals surface area contributed by atoms with Crippen LogP contribution in [-0.2, 0) is 19.3 Å². The normalized spacial score (nSPS) is 13.7. The van der Waals surface area contributed by atoms with E-state index in [0.29, 0.717) is 29.4 Å². The van der Waals surface area contributed by atoms with Crippen molar-refractivity contribution in [2.24, 2.45) is 0 Å². The molecule has 0 radical (unpaired) electrons. The van der Waals surface area contributed by atoms with E-state index in [1.165, 1.54) is 10.7 Å². The molecule has 0 saturated heterocycles. The number of hydrogen-bond acceptors (Lipinski definition) is 5. The first-order valence-corrected chi connectivity index (χ1v) is 11.1. The summed E-state index contributed by atoms with van der Waals surface area (Å²) in [5.74, 6) is 1.42. The van der Waals surface area contributed by atoms with Crippen LogP contribution >= 0.6 is 11.6 Å². The van der Waals surface area contributed by atoms with Gasteiger partial charge < -0.3 is 19.2 Å². The quantitative estimate of drug-likeness (QED) is 0.378. The summed E-state index contributed by atoms with van der Waals surface area (Å²) in [7, 11) is 1.56. The van der Waals surface area contributed by atoms with Crippen LogP contribution in [0, 0.1) is 0 Å². The minimum atomic E-state index is -4.60. The summed E-state index contributed by atoms with van der Waals surface area (Å²) in [6, 6.07) is 10.3. The average molecular weight is 498 g/mol. The van der Waals surface area contributed by atoms with E-state index in [9.17, 15) is 18.0 Å². The van der Waals surface area contributed by atoms with Crippen LogP contribution in [0.3, 0.4) is 0 Å². The van der Waals surface area contributed by atoms with Gasteiger partial charge >= 0.3 is 6.18 Å². The molecule has 34 heavy (non-hydrogen) atoms. The van der Waals surface area contributed by atoms with E-state index >= 15 is 0 Å². The number of aromatic nitrogens is 2. The zero-order valence-corrected chi connectivity index (χ0v) is 19.1. The molecule has 0 spiro atoms. The Morgan fingerprint density at radius 2 is 2.03 bits per heavy atom. The molecule has 1 amide bonds. The number of furan rings is 1. The van der Waals surface area contributed by atoms with E-state index in [2.05, 4.69) is 10.4 Å². The van der Waals surface area contributed by atoms with E-state index in [-0.39, 0.29) is 36.4 Å². The highest BCUT2D eigenvalue weighted by Crippen LogP contribution is 2.46. The van der Waals surface area contributed by atoms with Gasteiger partial charge in [0.15, 0.2) is 11.5 Å². The van der Waals surface area contributed by atoms with E-state index < -0.39 is 17.8 Å². The SMILES string of the molecule is COc1cccc(OCc2ccc(C(=O)NCCCn3nc(C(F)(F)F)c(Cl)c3C3CC3)o2)c1. The number of hydrogen-bond donors (Lipinski definition) is 1. The molecule has 0 aliphatic heterocycles. The van der Waals surface area contributed by atoms with Crippen molar-refractivity contribution in [3.05, 3.63) is 64.3 Å².